The van der Waals surface area contributed by atoms with Crippen molar-refractivity contribution in [2.45, 2.75) is 12.6 Å². The molecule has 1 aliphatic rings. The van der Waals surface area contributed by atoms with Gasteiger partial charge in [0.1, 0.15) is 0 Å². The molecule has 0 aromatic carbocycles. The Hall–Kier alpha value is -1.69. The van der Waals surface area contributed by atoms with E-state index in [9.17, 15) is 14.9 Å². The lowest BCUT2D eigenvalue weighted by atomic mass is 10.4. The van der Waals surface area contributed by atoms with Crippen molar-refractivity contribution in [3.05, 3.63) is 38.8 Å². The molecule has 2 rings (SSSR count). The van der Waals surface area contributed by atoms with Crippen LogP contribution >= 0.6 is 0 Å². The number of rotatable bonds is 3. The van der Waals surface area contributed by atoms with Crippen LogP contribution in [-0.4, -0.2) is 22.2 Å². The van der Waals surface area contributed by atoms with Crippen LogP contribution < -0.4 is 5.56 Å². The molecule has 0 unspecified atom stereocenters. The van der Waals surface area contributed by atoms with E-state index in [1.165, 1.54) is 22.9 Å². The molecule has 0 radical (unpaired) electrons. The number of nitrogens with zero attached hydrogens (tertiary/aromatic N) is 2. The zero-order valence-electron chi connectivity index (χ0n) is 7.25. The first-order valence-corrected chi connectivity index (χ1v) is 4.14. The fraction of sp³-hybridized carbons (Fsp3) is 0.375. The van der Waals surface area contributed by atoms with Crippen molar-refractivity contribution in [1.29, 1.82) is 0 Å². The largest absolute Gasteiger partial charge is 0.371 e. The van der Waals surface area contributed by atoms with Gasteiger partial charge in [-0.3, -0.25) is 14.9 Å². The zero-order chi connectivity index (χ0) is 10.1. The van der Waals surface area contributed by atoms with Gasteiger partial charge >= 0.3 is 11.2 Å². The molecule has 74 valence electrons. The van der Waals surface area contributed by atoms with Gasteiger partial charge < -0.3 is 9.30 Å². The van der Waals surface area contributed by atoms with Gasteiger partial charge in [0.2, 0.25) is 0 Å². The first-order valence-electron chi connectivity index (χ1n) is 4.14. The number of hydrogen-bond acceptors (Lipinski definition) is 4. The minimum absolute atomic E-state index is 0.0368. The monoisotopic (exact) mass is 196 g/mol. The number of ether oxygens (including phenoxy) is 1. The van der Waals surface area contributed by atoms with Gasteiger partial charge in [-0.1, -0.05) is 0 Å². The normalized spacial score (nSPS) is 19.3. The molecule has 2 heterocycles. The van der Waals surface area contributed by atoms with Crippen molar-refractivity contribution >= 4 is 5.69 Å². The van der Waals surface area contributed by atoms with Gasteiger partial charge in [0, 0.05) is 12.3 Å². The maximum absolute atomic E-state index is 11.4. The Morgan fingerprint density at radius 2 is 2.43 bits per heavy atom. The van der Waals surface area contributed by atoms with Crippen molar-refractivity contribution in [3.8, 4) is 0 Å². The van der Waals surface area contributed by atoms with Crippen molar-refractivity contribution in [2.75, 3.05) is 6.61 Å². The Kier molecular flexibility index (Phi) is 2.05. The first-order chi connectivity index (χ1) is 6.68. The lowest BCUT2D eigenvalue weighted by Gasteiger charge is -2.01. The minimum atomic E-state index is -0.674. The molecule has 1 atom stereocenters. The van der Waals surface area contributed by atoms with Gasteiger partial charge in [0.05, 0.1) is 24.2 Å². The van der Waals surface area contributed by atoms with Crippen LogP contribution in [0.15, 0.2) is 23.1 Å². The molecule has 1 aromatic heterocycles. The van der Waals surface area contributed by atoms with Crippen LogP contribution in [0, 0.1) is 10.1 Å². The van der Waals surface area contributed by atoms with Gasteiger partial charge in [0.25, 0.3) is 0 Å². The van der Waals surface area contributed by atoms with E-state index in [2.05, 4.69) is 0 Å². The van der Waals surface area contributed by atoms with Crippen molar-refractivity contribution < 1.29 is 9.66 Å². The van der Waals surface area contributed by atoms with E-state index < -0.39 is 16.2 Å². The smallest absolute Gasteiger partial charge is 0.334 e. The van der Waals surface area contributed by atoms with E-state index in [1.54, 1.807) is 0 Å². The molecule has 1 fully saturated rings. The van der Waals surface area contributed by atoms with Crippen molar-refractivity contribution in [1.82, 2.24) is 4.57 Å². The summed E-state index contributed by atoms with van der Waals surface area (Å²) in [5.41, 5.74) is -0.971. The molecule has 0 spiro atoms. The Morgan fingerprint density at radius 1 is 1.71 bits per heavy atom. The maximum atomic E-state index is 11.4. The summed E-state index contributed by atoms with van der Waals surface area (Å²) in [5.74, 6) is 0. The van der Waals surface area contributed by atoms with Gasteiger partial charge in [0.15, 0.2) is 0 Å². The quantitative estimate of drug-likeness (QED) is 0.391. The summed E-state index contributed by atoms with van der Waals surface area (Å²) in [7, 11) is 0. The first kappa shape index (κ1) is 8.89. The molecule has 1 aliphatic heterocycles. The number of nitro groups is 1. The lowest BCUT2D eigenvalue weighted by Crippen LogP contribution is -2.23. The molecule has 0 saturated carbocycles. The predicted octanol–water partition coefficient (Wildman–Crippen LogP) is 0.155. The van der Waals surface area contributed by atoms with Gasteiger partial charge in [-0.25, -0.2) is 0 Å². The van der Waals surface area contributed by atoms with Crippen LogP contribution in [0.4, 0.5) is 5.69 Å². The molecule has 0 amide bonds. The summed E-state index contributed by atoms with van der Waals surface area (Å²) in [6, 6.07) is 2.69. The second-order valence-electron chi connectivity index (χ2n) is 3.06. The summed E-state index contributed by atoms with van der Waals surface area (Å²) in [5, 5.41) is 10.4. The van der Waals surface area contributed by atoms with Crippen molar-refractivity contribution in [3.63, 3.8) is 0 Å². The summed E-state index contributed by atoms with van der Waals surface area (Å²) < 4.78 is 6.24. The van der Waals surface area contributed by atoms with Gasteiger partial charge in [-0.15, -0.1) is 0 Å². The number of epoxide rings is 1. The van der Waals surface area contributed by atoms with Gasteiger partial charge in [-0.2, -0.15) is 0 Å². The van der Waals surface area contributed by atoms with Crippen LogP contribution in [0.5, 0.6) is 0 Å². The lowest BCUT2D eigenvalue weighted by molar-refractivity contribution is -0.386. The number of pyridine rings is 1. The topological polar surface area (TPSA) is 77.7 Å². The molecule has 0 aliphatic carbocycles. The summed E-state index contributed by atoms with van der Waals surface area (Å²) in [4.78, 5) is 21.2. The molecule has 0 N–H and O–H groups in total. The Morgan fingerprint density at radius 3 is 3.00 bits per heavy atom. The van der Waals surface area contributed by atoms with Crippen LogP contribution in [0.3, 0.4) is 0 Å². The van der Waals surface area contributed by atoms with Crippen LogP contribution in [-0.2, 0) is 11.3 Å². The minimum Gasteiger partial charge on any atom is -0.371 e. The van der Waals surface area contributed by atoms with E-state index in [0.29, 0.717) is 13.2 Å². The highest BCUT2D eigenvalue weighted by atomic mass is 16.6. The fourth-order valence-electron chi connectivity index (χ4n) is 1.20. The molecule has 6 heteroatoms. The Balaban J connectivity index is 2.35. The van der Waals surface area contributed by atoms with Crippen LogP contribution in [0.2, 0.25) is 0 Å². The second-order valence-corrected chi connectivity index (χ2v) is 3.06. The zero-order valence-corrected chi connectivity index (χ0v) is 7.25. The number of hydrogen-bond donors (Lipinski definition) is 0. The van der Waals surface area contributed by atoms with E-state index in [-0.39, 0.29) is 6.10 Å². The van der Waals surface area contributed by atoms with Crippen molar-refractivity contribution in [2.24, 2.45) is 0 Å². The molecule has 14 heavy (non-hydrogen) atoms. The summed E-state index contributed by atoms with van der Waals surface area (Å²) >= 11 is 0. The Labute approximate surface area is 78.9 Å². The number of aromatic nitrogens is 1. The highest BCUT2D eigenvalue weighted by Gasteiger charge is 2.24. The van der Waals surface area contributed by atoms with E-state index in [0.717, 1.165) is 0 Å². The SMILES string of the molecule is O=c1c([N+](=O)[O-])cccn1C[C@H]1CO1. The third-order valence-corrected chi connectivity index (χ3v) is 2.00. The third kappa shape index (κ3) is 1.64. The van der Waals surface area contributed by atoms with Crippen LogP contribution in [0.1, 0.15) is 0 Å². The van der Waals surface area contributed by atoms with Gasteiger partial charge in [-0.05, 0) is 6.07 Å². The standard InChI is InChI=1S/C8H8N2O4/c11-8-7(10(12)13)2-1-3-9(8)4-6-5-14-6/h1-3,6H,4-5H2/t6-/m0/s1. The fourth-order valence-corrected chi connectivity index (χ4v) is 1.20. The summed E-state index contributed by atoms with van der Waals surface area (Å²) in [6.45, 7) is 1.01. The Bertz CT molecular complexity index is 422. The molecule has 1 saturated heterocycles. The van der Waals surface area contributed by atoms with E-state index in [1.807, 2.05) is 0 Å². The van der Waals surface area contributed by atoms with E-state index >= 15 is 0 Å². The average molecular weight is 196 g/mol. The molecule has 6 nitrogen and oxygen atoms in total. The maximum Gasteiger partial charge on any atom is 0.334 e. The summed E-state index contributed by atoms with van der Waals surface area (Å²) in [6.07, 6.45) is 1.56. The highest BCUT2D eigenvalue weighted by Crippen LogP contribution is 2.11. The molecule has 1 aromatic rings. The molecule has 0 bridgehead atoms. The average Bonchev–Trinajstić information content (AvgIpc) is 2.92. The molecular weight excluding hydrogens is 188 g/mol. The third-order valence-electron chi connectivity index (χ3n) is 2.00. The second kappa shape index (κ2) is 3.22. The predicted molar refractivity (Wildman–Crippen MR) is 47.1 cm³/mol. The highest BCUT2D eigenvalue weighted by molar-refractivity contribution is 5.25. The van der Waals surface area contributed by atoms with Crippen LogP contribution in [0.25, 0.3) is 0 Å². The molecular formula is C8H8N2O4. The van der Waals surface area contributed by atoms with E-state index in [4.69, 9.17) is 4.74 Å².